The lowest BCUT2D eigenvalue weighted by Crippen LogP contribution is -2.49. The van der Waals surface area contributed by atoms with Crippen LogP contribution in [-0.4, -0.2) is 74.0 Å². The van der Waals surface area contributed by atoms with E-state index in [0.717, 1.165) is 5.56 Å². The minimum Gasteiger partial charge on any atom is -0.486 e. The molecule has 1 aliphatic heterocycles. The zero-order valence-corrected chi connectivity index (χ0v) is 29.0. The zero-order valence-electron chi connectivity index (χ0n) is 27.5. The number of nitrogen functional groups attached to an aromatic ring is 1. The van der Waals surface area contributed by atoms with Crippen LogP contribution in [-0.2, 0) is 16.6 Å². The molecule has 13 heteroatoms. The second-order valence-electron chi connectivity index (χ2n) is 12.3. The monoisotopic (exact) mass is 705 g/mol. The van der Waals surface area contributed by atoms with E-state index in [0.29, 0.717) is 41.6 Å². The number of aliphatic hydroxyl groups excluding tert-OH is 1. The number of carbonyl (C=O) groups is 2. The lowest BCUT2D eigenvalue weighted by atomic mass is 9.99. The fraction of sp³-hybridized carbons (Fsp3) is 0.278. The fourth-order valence-corrected chi connectivity index (χ4v) is 6.80. The first kappa shape index (κ1) is 35.7. The average molecular weight is 706 g/mol. The number of hydrogen-bond donors (Lipinski definition) is 4. The molecule has 0 saturated carbocycles. The Bertz CT molecular complexity index is 1910. The number of rotatable bonds is 11. The summed E-state index contributed by atoms with van der Waals surface area (Å²) in [6, 6.07) is 24.3. The maximum atomic E-state index is 13.8. The number of likely N-dealkylation sites (N-methyl/N-ethyl adjacent to an activating group) is 1. The van der Waals surface area contributed by atoms with Crippen LogP contribution in [0, 0.1) is 5.92 Å². The molecule has 5 rings (SSSR count). The second kappa shape index (κ2) is 15.3. The minimum absolute atomic E-state index is 0.000416. The van der Waals surface area contributed by atoms with Crippen molar-refractivity contribution in [3.05, 3.63) is 113 Å². The first-order valence-corrected chi connectivity index (χ1v) is 17.7. The van der Waals surface area contributed by atoms with Crippen LogP contribution >= 0.6 is 11.6 Å². The molecule has 2 amide bonds. The van der Waals surface area contributed by atoms with Crippen LogP contribution in [0.1, 0.15) is 40.1 Å². The number of amides is 2. The number of nitrogens with two attached hydrogens (primary N) is 1. The number of para-hydroxylation sites is 3. The van der Waals surface area contributed by atoms with Gasteiger partial charge in [-0.05, 0) is 80.2 Å². The topological polar surface area (TPSA) is 154 Å². The number of nitrogens with zero attached hydrogens (tertiary/aromatic N) is 2. The zero-order chi connectivity index (χ0) is 35.3. The molecule has 0 aliphatic carbocycles. The van der Waals surface area contributed by atoms with E-state index in [4.69, 9.17) is 22.1 Å². The summed E-state index contributed by atoms with van der Waals surface area (Å²) in [6.45, 7) is 4.74. The highest BCUT2D eigenvalue weighted by molar-refractivity contribution is 7.92. The van der Waals surface area contributed by atoms with Crippen molar-refractivity contribution < 1.29 is 27.9 Å². The van der Waals surface area contributed by atoms with Gasteiger partial charge in [0.15, 0.2) is 5.75 Å². The van der Waals surface area contributed by atoms with E-state index in [1.807, 2.05) is 26.1 Å². The maximum absolute atomic E-state index is 13.8. The number of fused-ring (bicyclic) bond motifs is 1. The van der Waals surface area contributed by atoms with Crippen molar-refractivity contribution in [2.75, 3.05) is 42.5 Å². The average Bonchev–Trinajstić information content (AvgIpc) is 3.07. The number of nitrogens with one attached hydrogen (secondary N) is 2. The number of benzene rings is 4. The number of sulfonamides is 1. The number of halogens is 1. The van der Waals surface area contributed by atoms with Gasteiger partial charge in [-0.1, -0.05) is 48.9 Å². The predicted octanol–water partition coefficient (Wildman–Crippen LogP) is 5.33. The predicted molar refractivity (Wildman–Crippen MR) is 191 cm³/mol. The molecule has 49 heavy (non-hydrogen) atoms. The summed E-state index contributed by atoms with van der Waals surface area (Å²) in [5.74, 6) is -0.737. The van der Waals surface area contributed by atoms with Gasteiger partial charge in [-0.2, -0.15) is 0 Å². The Hall–Kier alpha value is -4.62. The Labute approximate surface area is 291 Å². The number of ether oxygens (including phenoxy) is 1. The third-order valence-corrected chi connectivity index (χ3v) is 10.1. The standard InChI is InChI=1S/C36H40ClN5O6S/c1-23-19-42(24(2)22-43)36(45)29-7-6-10-32(40-49(46,47)28-17-15-27(37)16-18-28)34(29)48-33(23)21-41(3)20-25-11-13-26(14-12-25)35(44)39-31-9-5-4-8-30(31)38/h4-18,23-24,33,40,43H,19-22,38H2,1-3H3,(H,39,44)/t23-,24+,33-/m1/s1. The van der Waals surface area contributed by atoms with Crippen molar-refractivity contribution >= 4 is 50.5 Å². The van der Waals surface area contributed by atoms with Gasteiger partial charge in [-0.15, -0.1) is 0 Å². The summed E-state index contributed by atoms with van der Waals surface area (Å²) in [5, 5.41) is 13.2. The molecule has 0 spiro atoms. The Morgan fingerprint density at radius 3 is 2.39 bits per heavy atom. The fourth-order valence-electron chi connectivity index (χ4n) is 5.61. The molecule has 11 nitrogen and oxygen atoms in total. The quantitative estimate of drug-likeness (QED) is 0.153. The van der Waals surface area contributed by atoms with Gasteiger partial charge < -0.3 is 25.8 Å². The van der Waals surface area contributed by atoms with Gasteiger partial charge >= 0.3 is 0 Å². The van der Waals surface area contributed by atoms with Crippen molar-refractivity contribution in [3.63, 3.8) is 0 Å². The molecule has 1 heterocycles. The number of anilines is 3. The SMILES string of the molecule is C[C@@H]1CN([C@@H](C)CO)C(=O)c2cccc(NS(=O)(=O)c3ccc(Cl)cc3)c2O[C@@H]1CN(C)Cc1ccc(C(=O)Nc2ccccc2N)cc1. The van der Waals surface area contributed by atoms with Crippen LogP contribution in [0.5, 0.6) is 5.75 Å². The lowest BCUT2D eigenvalue weighted by Gasteiger charge is -2.38. The summed E-state index contributed by atoms with van der Waals surface area (Å²) in [6.07, 6.45) is -0.479. The largest absolute Gasteiger partial charge is 0.486 e. The van der Waals surface area contributed by atoms with Crippen LogP contribution in [0.3, 0.4) is 0 Å². The van der Waals surface area contributed by atoms with Gasteiger partial charge in [0.1, 0.15) is 6.10 Å². The van der Waals surface area contributed by atoms with E-state index >= 15 is 0 Å². The van der Waals surface area contributed by atoms with Crippen LogP contribution < -0.4 is 20.5 Å². The summed E-state index contributed by atoms with van der Waals surface area (Å²) in [4.78, 5) is 30.3. The van der Waals surface area contributed by atoms with Crippen molar-refractivity contribution in [3.8, 4) is 5.75 Å². The van der Waals surface area contributed by atoms with E-state index in [9.17, 15) is 23.1 Å². The van der Waals surface area contributed by atoms with E-state index < -0.39 is 22.2 Å². The van der Waals surface area contributed by atoms with E-state index in [2.05, 4.69) is 14.9 Å². The molecule has 5 N–H and O–H groups in total. The molecule has 0 unspecified atom stereocenters. The van der Waals surface area contributed by atoms with Crippen LogP contribution in [0.25, 0.3) is 0 Å². The Kier molecular flexibility index (Phi) is 11.1. The van der Waals surface area contributed by atoms with E-state index in [-0.39, 0.29) is 46.2 Å². The van der Waals surface area contributed by atoms with Gasteiger partial charge in [0, 0.05) is 36.1 Å². The van der Waals surface area contributed by atoms with Crippen LogP contribution in [0.15, 0.2) is 95.9 Å². The first-order chi connectivity index (χ1) is 23.4. The molecule has 3 atom stereocenters. The molecule has 0 saturated heterocycles. The third-order valence-electron chi connectivity index (χ3n) is 8.43. The maximum Gasteiger partial charge on any atom is 0.262 e. The molecule has 4 aromatic carbocycles. The van der Waals surface area contributed by atoms with Crippen molar-refractivity contribution in [2.24, 2.45) is 5.92 Å². The van der Waals surface area contributed by atoms with Crippen molar-refractivity contribution in [1.82, 2.24) is 9.80 Å². The highest BCUT2D eigenvalue weighted by atomic mass is 35.5. The summed E-state index contributed by atoms with van der Waals surface area (Å²) in [5.41, 5.74) is 8.73. The van der Waals surface area contributed by atoms with Crippen molar-refractivity contribution in [1.29, 1.82) is 0 Å². The second-order valence-corrected chi connectivity index (χ2v) is 14.4. The van der Waals surface area contributed by atoms with Gasteiger partial charge in [-0.3, -0.25) is 19.2 Å². The molecular weight excluding hydrogens is 666 g/mol. The van der Waals surface area contributed by atoms with Crippen LogP contribution in [0.2, 0.25) is 5.02 Å². The molecule has 0 bridgehead atoms. The summed E-state index contributed by atoms with van der Waals surface area (Å²) >= 11 is 5.97. The highest BCUT2D eigenvalue weighted by Gasteiger charge is 2.35. The van der Waals surface area contributed by atoms with Crippen molar-refractivity contribution in [2.45, 2.75) is 37.4 Å². The molecule has 258 valence electrons. The number of hydrogen-bond acceptors (Lipinski definition) is 8. The Morgan fingerprint density at radius 2 is 1.71 bits per heavy atom. The highest BCUT2D eigenvalue weighted by Crippen LogP contribution is 2.36. The van der Waals surface area contributed by atoms with Gasteiger partial charge in [0.2, 0.25) is 0 Å². The normalized spacial score (nSPS) is 17.0. The number of carbonyl (C=O) groups excluding carboxylic acids is 2. The molecule has 4 aromatic rings. The van der Waals surface area contributed by atoms with E-state index in [1.54, 1.807) is 66.4 Å². The third kappa shape index (κ3) is 8.52. The summed E-state index contributed by atoms with van der Waals surface area (Å²) < 4.78 is 35.9. The Balaban J connectivity index is 1.37. The first-order valence-electron chi connectivity index (χ1n) is 15.8. The van der Waals surface area contributed by atoms with Gasteiger partial charge in [-0.25, -0.2) is 8.42 Å². The van der Waals surface area contributed by atoms with Gasteiger partial charge in [0.05, 0.1) is 40.2 Å². The van der Waals surface area contributed by atoms with E-state index in [1.165, 1.54) is 24.3 Å². The lowest BCUT2D eigenvalue weighted by molar-refractivity contribution is 0.0344. The molecular formula is C36H40ClN5O6S. The smallest absolute Gasteiger partial charge is 0.262 e. The molecule has 0 fully saturated rings. The minimum atomic E-state index is -4.06. The van der Waals surface area contributed by atoms with Gasteiger partial charge in [0.25, 0.3) is 21.8 Å². The molecule has 0 aromatic heterocycles. The van der Waals surface area contributed by atoms with Crippen LogP contribution in [0.4, 0.5) is 17.1 Å². The number of aliphatic hydroxyl groups is 1. The molecule has 0 radical (unpaired) electrons. The molecule has 1 aliphatic rings. The Morgan fingerprint density at radius 1 is 1.04 bits per heavy atom. The summed E-state index contributed by atoms with van der Waals surface area (Å²) in [7, 11) is -2.13.